The maximum Gasteiger partial charge on any atom is -0.00873 e. The van der Waals surface area contributed by atoms with Crippen LogP contribution < -0.4 is 0 Å². The van der Waals surface area contributed by atoms with Gasteiger partial charge in [-0.1, -0.05) is 37.6 Å². The van der Waals surface area contributed by atoms with Crippen LogP contribution >= 0.6 is 0 Å². The van der Waals surface area contributed by atoms with Crippen LogP contribution in [0.25, 0.3) is 0 Å². The maximum atomic E-state index is 2.35. The van der Waals surface area contributed by atoms with E-state index >= 15 is 0 Å². The zero-order valence-electron chi connectivity index (χ0n) is 8.02. The summed E-state index contributed by atoms with van der Waals surface area (Å²) < 4.78 is 0. The maximum absolute atomic E-state index is 2.35. The standard InChI is InChI=1S/C11H18/c1-5-6-7-9(2)11(4)8-10(11)3/h5-7,10H,8H2,1-4H3/b6-5-,9-7+. The van der Waals surface area contributed by atoms with Crippen LogP contribution in [0.2, 0.25) is 0 Å². The molecule has 0 heterocycles. The van der Waals surface area contributed by atoms with Gasteiger partial charge in [0.1, 0.15) is 0 Å². The molecule has 0 nitrogen and oxygen atoms in total. The van der Waals surface area contributed by atoms with Gasteiger partial charge < -0.3 is 0 Å². The molecule has 0 saturated heterocycles. The van der Waals surface area contributed by atoms with Gasteiger partial charge in [0.05, 0.1) is 0 Å². The van der Waals surface area contributed by atoms with Crippen molar-refractivity contribution in [3.05, 3.63) is 23.8 Å². The van der Waals surface area contributed by atoms with Crippen LogP contribution in [0.15, 0.2) is 23.8 Å². The van der Waals surface area contributed by atoms with Gasteiger partial charge in [-0.05, 0) is 31.6 Å². The fraction of sp³-hybridized carbons (Fsp3) is 0.636. The SMILES string of the molecule is C/C=C\C=C(/C)C1(C)CC1C. The molecule has 0 N–H and O–H groups in total. The molecule has 2 atom stereocenters. The van der Waals surface area contributed by atoms with Gasteiger partial charge in [-0.2, -0.15) is 0 Å². The van der Waals surface area contributed by atoms with Gasteiger partial charge in [-0.15, -0.1) is 0 Å². The Kier molecular flexibility index (Phi) is 2.22. The van der Waals surface area contributed by atoms with E-state index in [9.17, 15) is 0 Å². The summed E-state index contributed by atoms with van der Waals surface area (Å²) in [6, 6.07) is 0. The highest BCUT2D eigenvalue weighted by atomic mass is 14.5. The Morgan fingerprint density at radius 1 is 1.55 bits per heavy atom. The third-order valence-electron chi connectivity index (χ3n) is 3.10. The quantitative estimate of drug-likeness (QED) is 0.528. The van der Waals surface area contributed by atoms with Gasteiger partial charge in [-0.25, -0.2) is 0 Å². The van der Waals surface area contributed by atoms with Crippen LogP contribution in [0.5, 0.6) is 0 Å². The van der Waals surface area contributed by atoms with Gasteiger partial charge in [-0.3, -0.25) is 0 Å². The van der Waals surface area contributed by atoms with Crippen molar-refractivity contribution >= 4 is 0 Å². The van der Waals surface area contributed by atoms with Crippen molar-refractivity contribution in [1.29, 1.82) is 0 Å². The average Bonchev–Trinajstić information content (AvgIpc) is 2.56. The van der Waals surface area contributed by atoms with Crippen molar-refractivity contribution in [2.24, 2.45) is 11.3 Å². The minimum atomic E-state index is 0.527. The molecular formula is C11H18. The molecule has 1 rings (SSSR count). The Hall–Kier alpha value is -0.520. The summed E-state index contributed by atoms with van der Waals surface area (Å²) in [5, 5.41) is 0. The third-order valence-corrected chi connectivity index (χ3v) is 3.10. The monoisotopic (exact) mass is 150 g/mol. The molecule has 0 radical (unpaired) electrons. The van der Waals surface area contributed by atoms with Crippen molar-refractivity contribution in [2.75, 3.05) is 0 Å². The smallest absolute Gasteiger partial charge is 0.00873 e. The van der Waals surface area contributed by atoms with E-state index in [1.54, 1.807) is 0 Å². The molecule has 0 aromatic heterocycles. The Balaban J connectivity index is 2.62. The van der Waals surface area contributed by atoms with Crippen molar-refractivity contribution in [3.63, 3.8) is 0 Å². The largest absolute Gasteiger partial charge is 0.0877 e. The zero-order chi connectivity index (χ0) is 8.48. The molecule has 1 fully saturated rings. The number of rotatable bonds is 2. The van der Waals surface area contributed by atoms with Crippen LogP contribution in [0, 0.1) is 11.3 Å². The van der Waals surface area contributed by atoms with E-state index in [1.165, 1.54) is 12.0 Å². The van der Waals surface area contributed by atoms with E-state index in [0.29, 0.717) is 5.41 Å². The van der Waals surface area contributed by atoms with Crippen LogP contribution in [-0.2, 0) is 0 Å². The molecule has 0 aromatic carbocycles. The van der Waals surface area contributed by atoms with Crippen LogP contribution in [0.4, 0.5) is 0 Å². The molecule has 1 saturated carbocycles. The first kappa shape index (κ1) is 8.58. The molecule has 0 amide bonds. The first-order chi connectivity index (χ1) is 5.11. The van der Waals surface area contributed by atoms with Gasteiger partial charge in [0.2, 0.25) is 0 Å². The molecule has 0 heteroatoms. The summed E-state index contributed by atoms with van der Waals surface area (Å²) in [5.41, 5.74) is 2.06. The Morgan fingerprint density at radius 2 is 2.09 bits per heavy atom. The second-order valence-electron chi connectivity index (χ2n) is 3.90. The van der Waals surface area contributed by atoms with Crippen molar-refractivity contribution in [1.82, 2.24) is 0 Å². The van der Waals surface area contributed by atoms with E-state index in [-0.39, 0.29) is 0 Å². The van der Waals surface area contributed by atoms with Crippen LogP contribution in [-0.4, -0.2) is 0 Å². The number of allylic oxidation sites excluding steroid dienone is 4. The predicted octanol–water partition coefficient (Wildman–Crippen LogP) is 3.55. The molecular weight excluding hydrogens is 132 g/mol. The summed E-state index contributed by atoms with van der Waals surface area (Å²) in [7, 11) is 0. The predicted molar refractivity (Wildman–Crippen MR) is 50.5 cm³/mol. The summed E-state index contributed by atoms with van der Waals surface area (Å²) >= 11 is 0. The van der Waals surface area contributed by atoms with E-state index < -0.39 is 0 Å². The lowest BCUT2D eigenvalue weighted by atomic mass is 9.97. The van der Waals surface area contributed by atoms with Gasteiger partial charge >= 0.3 is 0 Å². The van der Waals surface area contributed by atoms with Crippen LogP contribution in [0.1, 0.15) is 34.1 Å². The van der Waals surface area contributed by atoms with Crippen molar-refractivity contribution in [3.8, 4) is 0 Å². The second kappa shape index (κ2) is 2.84. The molecule has 62 valence electrons. The fourth-order valence-electron chi connectivity index (χ4n) is 1.56. The zero-order valence-corrected chi connectivity index (χ0v) is 8.02. The van der Waals surface area contributed by atoms with E-state index in [0.717, 1.165) is 5.92 Å². The molecule has 0 spiro atoms. The van der Waals surface area contributed by atoms with Crippen LogP contribution in [0.3, 0.4) is 0 Å². The molecule has 1 aliphatic carbocycles. The number of hydrogen-bond acceptors (Lipinski definition) is 0. The third kappa shape index (κ3) is 1.55. The Labute approximate surface area is 70.0 Å². The molecule has 1 aliphatic rings. The fourth-order valence-corrected chi connectivity index (χ4v) is 1.56. The summed E-state index contributed by atoms with van der Waals surface area (Å²) in [5.74, 6) is 0.893. The highest BCUT2D eigenvalue weighted by Crippen LogP contribution is 2.56. The second-order valence-corrected chi connectivity index (χ2v) is 3.90. The van der Waals surface area contributed by atoms with E-state index in [2.05, 4.69) is 45.9 Å². The van der Waals surface area contributed by atoms with E-state index in [4.69, 9.17) is 0 Å². The highest BCUT2D eigenvalue weighted by Gasteiger charge is 2.47. The van der Waals surface area contributed by atoms with E-state index in [1.807, 2.05) is 0 Å². The molecule has 0 aliphatic heterocycles. The van der Waals surface area contributed by atoms with Gasteiger partial charge in [0, 0.05) is 0 Å². The molecule has 2 unspecified atom stereocenters. The molecule has 0 aromatic rings. The topological polar surface area (TPSA) is 0 Å². The number of hydrogen-bond donors (Lipinski definition) is 0. The first-order valence-electron chi connectivity index (χ1n) is 4.41. The summed E-state index contributed by atoms with van der Waals surface area (Å²) in [6.07, 6.45) is 7.82. The molecule has 0 bridgehead atoms. The first-order valence-corrected chi connectivity index (χ1v) is 4.41. The minimum absolute atomic E-state index is 0.527. The summed E-state index contributed by atoms with van der Waals surface area (Å²) in [4.78, 5) is 0. The van der Waals surface area contributed by atoms with Gasteiger partial charge in [0.15, 0.2) is 0 Å². The Morgan fingerprint density at radius 3 is 2.45 bits per heavy atom. The highest BCUT2D eigenvalue weighted by molar-refractivity contribution is 5.24. The summed E-state index contributed by atoms with van der Waals surface area (Å²) in [6.45, 7) is 8.98. The van der Waals surface area contributed by atoms with Gasteiger partial charge in [0.25, 0.3) is 0 Å². The Bertz CT molecular complexity index is 198. The normalized spacial score (nSPS) is 38.2. The lowest BCUT2D eigenvalue weighted by Crippen LogP contribution is -1.97. The minimum Gasteiger partial charge on any atom is -0.0877 e. The molecule has 11 heavy (non-hydrogen) atoms. The van der Waals surface area contributed by atoms with Crippen molar-refractivity contribution < 1.29 is 0 Å². The van der Waals surface area contributed by atoms with Crippen molar-refractivity contribution in [2.45, 2.75) is 34.1 Å². The average molecular weight is 150 g/mol. The lowest BCUT2D eigenvalue weighted by Gasteiger charge is -2.08. The lowest BCUT2D eigenvalue weighted by molar-refractivity contribution is 0.619.